The van der Waals surface area contributed by atoms with E-state index in [0.717, 1.165) is 51.4 Å². The predicted molar refractivity (Wildman–Crippen MR) is 262 cm³/mol. The van der Waals surface area contributed by atoms with Crippen molar-refractivity contribution in [1.82, 2.24) is 5.32 Å². The van der Waals surface area contributed by atoms with Crippen molar-refractivity contribution in [3.63, 3.8) is 0 Å². The van der Waals surface area contributed by atoms with Crippen LogP contribution in [-0.4, -0.2) is 34.9 Å². The molecule has 3 N–H and O–H groups in total. The minimum Gasteiger partial charge on any atom is -0.394 e. The first kappa shape index (κ1) is 56.6. The molecule has 0 aliphatic carbocycles. The molecule has 0 aromatic rings. The lowest BCUT2D eigenvalue weighted by atomic mass is 10.0. The molecule has 0 aromatic carbocycles. The Morgan fingerprint density at radius 1 is 0.424 bits per heavy atom. The Labute approximate surface area is 367 Å². The van der Waals surface area contributed by atoms with Crippen molar-refractivity contribution in [3.8, 4) is 0 Å². The molecule has 0 spiro atoms. The number of hydrogen-bond acceptors (Lipinski definition) is 3. The molecule has 340 valence electrons. The SMILES string of the molecule is CC/C=C\C/C=C\C/C=C\C/C=C\C/C=C\CC(=O)NC(CO)C(O)/C=C/CC/C=C/CCCCCCCCCCCCCCCCCCCCCCCCCCCC. The first-order valence-electron chi connectivity index (χ1n) is 25.3. The van der Waals surface area contributed by atoms with Gasteiger partial charge in [-0.1, -0.05) is 259 Å². The van der Waals surface area contributed by atoms with Crippen LogP contribution in [0.4, 0.5) is 0 Å². The summed E-state index contributed by atoms with van der Waals surface area (Å²) in [6.45, 7) is 4.14. The number of amides is 1. The number of unbranched alkanes of at least 4 members (excludes halogenated alkanes) is 27. The van der Waals surface area contributed by atoms with Crippen LogP contribution in [0.25, 0.3) is 0 Å². The number of carbonyl (C=O) groups excluding carboxylic acids is 1. The molecule has 2 unspecified atom stereocenters. The summed E-state index contributed by atoms with van der Waals surface area (Å²) >= 11 is 0. The summed E-state index contributed by atoms with van der Waals surface area (Å²) in [6.07, 6.45) is 73.4. The van der Waals surface area contributed by atoms with Gasteiger partial charge >= 0.3 is 0 Å². The Morgan fingerprint density at radius 3 is 1.15 bits per heavy atom. The lowest BCUT2D eigenvalue weighted by Crippen LogP contribution is -2.44. The number of nitrogens with one attached hydrogen (secondary N) is 1. The fourth-order valence-electron chi connectivity index (χ4n) is 7.32. The normalized spacial score (nSPS) is 13.6. The first-order valence-corrected chi connectivity index (χ1v) is 25.3. The molecule has 1 amide bonds. The summed E-state index contributed by atoms with van der Waals surface area (Å²) in [6, 6.07) is -0.699. The standard InChI is InChI=1S/C55H97NO3/c1-3-5-7-9-11-13-15-17-19-20-21-22-23-24-25-26-27-28-29-30-31-32-33-34-35-37-38-40-42-44-46-48-50-54(58)53(52-57)56-55(59)51-49-47-45-43-41-39-36-18-16-14-12-10-8-6-4-2/h6,8,12,14,18,36,40-43,47-50,53-54,57-58H,3-5,7,9-11,13,15-17,19-35,37-39,44-46,51-52H2,1-2H3,(H,56,59)/b8-6-,14-12-,36-18-,42-40+,43-41-,49-47-,50-48+. The third-order valence-corrected chi connectivity index (χ3v) is 11.1. The van der Waals surface area contributed by atoms with E-state index in [1.165, 1.54) is 167 Å². The average molecular weight is 820 g/mol. The van der Waals surface area contributed by atoms with Gasteiger partial charge in [-0.05, 0) is 57.8 Å². The van der Waals surface area contributed by atoms with Gasteiger partial charge in [-0.2, -0.15) is 0 Å². The van der Waals surface area contributed by atoms with E-state index in [1.54, 1.807) is 6.08 Å². The zero-order valence-electron chi connectivity index (χ0n) is 39.0. The smallest absolute Gasteiger partial charge is 0.224 e. The Kier molecular flexibility index (Phi) is 47.9. The topological polar surface area (TPSA) is 69.6 Å². The molecule has 0 rings (SSSR count). The number of aliphatic hydroxyl groups excluding tert-OH is 2. The molecule has 2 atom stereocenters. The van der Waals surface area contributed by atoms with E-state index >= 15 is 0 Å². The summed E-state index contributed by atoms with van der Waals surface area (Å²) in [5, 5.41) is 22.9. The highest BCUT2D eigenvalue weighted by Crippen LogP contribution is 2.16. The van der Waals surface area contributed by atoms with Gasteiger partial charge in [0, 0.05) is 6.42 Å². The zero-order valence-corrected chi connectivity index (χ0v) is 39.0. The highest BCUT2D eigenvalue weighted by atomic mass is 16.3. The summed E-state index contributed by atoms with van der Waals surface area (Å²) in [5.41, 5.74) is 0. The van der Waals surface area contributed by atoms with Crippen molar-refractivity contribution in [3.05, 3.63) is 85.1 Å². The van der Waals surface area contributed by atoms with Crippen LogP contribution in [-0.2, 0) is 4.79 Å². The molecule has 4 heteroatoms. The summed E-state index contributed by atoms with van der Waals surface area (Å²) in [7, 11) is 0. The van der Waals surface area contributed by atoms with Crippen molar-refractivity contribution in [1.29, 1.82) is 0 Å². The highest BCUT2D eigenvalue weighted by molar-refractivity contribution is 5.77. The van der Waals surface area contributed by atoms with Crippen LogP contribution >= 0.6 is 0 Å². The molecular formula is C55H97NO3. The van der Waals surface area contributed by atoms with Gasteiger partial charge in [0.15, 0.2) is 0 Å². The van der Waals surface area contributed by atoms with Crippen molar-refractivity contribution in [2.24, 2.45) is 0 Å². The fourth-order valence-corrected chi connectivity index (χ4v) is 7.32. The van der Waals surface area contributed by atoms with Crippen LogP contribution in [0.5, 0.6) is 0 Å². The maximum absolute atomic E-state index is 12.3. The van der Waals surface area contributed by atoms with Gasteiger partial charge in [0.25, 0.3) is 0 Å². The molecule has 59 heavy (non-hydrogen) atoms. The Bertz CT molecular complexity index is 1070. The molecule has 0 bridgehead atoms. The second-order valence-electron chi connectivity index (χ2n) is 16.9. The van der Waals surface area contributed by atoms with Crippen molar-refractivity contribution in [2.45, 2.75) is 251 Å². The largest absolute Gasteiger partial charge is 0.394 e. The van der Waals surface area contributed by atoms with Crippen LogP contribution in [0.1, 0.15) is 239 Å². The molecular weight excluding hydrogens is 723 g/mol. The maximum Gasteiger partial charge on any atom is 0.224 e. The third-order valence-electron chi connectivity index (χ3n) is 11.1. The fraction of sp³-hybridized carbons (Fsp3) is 0.727. The first-order chi connectivity index (χ1) is 29.2. The van der Waals surface area contributed by atoms with Crippen LogP contribution in [0.2, 0.25) is 0 Å². The van der Waals surface area contributed by atoms with Crippen LogP contribution in [0.3, 0.4) is 0 Å². The van der Waals surface area contributed by atoms with E-state index in [2.05, 4.69) is 79.9 Å². The molecule has 0 saturated carbocycles. The van der Waals surface area contributed by atoms with Crippen molar-refractivity contribution < 1.29 is 15.0 Å². The number of hydrogen-bond donors (Lipinski definition) is 3. The Hall–Kier alpha value is -2.43. The van der Waals surface area contributed by atoms with Gasteiger partial charge in [-0.25, -0.2) is 0 Å². The summed E-state index contributed by atoms with van der Waals surface area (Å²) in [4.78, 5) is 12.3. The Morgan fingerprint density at radius 2 is 0.763 bits per heavy atom. The minimum absolute atomic E-state index is 0.202. The minimum atomic E-state index is -0.908. The molecule has 0 saturated heterocycles. The van der Waals surface area contributed by atoms with Gasteiger partial charge < -0.3 is 15.5 Å². The number of allylic oxidation sites excluding steroid dienone is 12. The molecule has 0 fully saturated rings. The van der Waals surface area contributed by atoms with E-state index in [1.807, 2.05) is 18.2 Å². The number of carbonyl (C=O) groups is 1. The second kappa shape index (κ2) is 49.9. The monoisotopic (exact) mass is 820 g/mol. The van der Waals surface area contributed by atoms with E-state index in [4.69, 9.17) is 0 Å². The van der Waals surface area contributed by atoms with E-state index in [-0.39, 0.29) is 18.9 Å². The molecule has 0 radical (unpaired) electrons. The van der Waals surface area contributed by atoms with Crippen molar-refractivity contribution in [2.75, 3.05) is 6.61 Å². The lowest BCUT2D eigenvalue weighted by molar-refractivity contribution is -0.122. The van der Waals surface area contributed by atoms with E-state index in [0.29, 0.717) is 0 Å². The summed E-state index contributed by atoms with van der Waals surface area (Å²) in [5.74, 6) is -0.202. The van der Waals surface area contributed by atoms with Crippen molar-refractivity contribution >= 4 is 5.91 Å². The molecule has 0 heterocycles. The molecule has 0 aromatic heterocycles. The highest BCUT2D eigenvalue weighted by Gasteiger charge is 2.17. The molecule has 0 aliphatic rings. The van der Waals surface area contributed by atoms with Gasteiger partial charge in [0.2, 0.25) is 5.91 Å². The van der Waals surface area contributed by atoms with Crippen LogP contribution in [0.15, 0.2) is 85.1 Å². The Balaban J connectivity index is 3.58. The van der Waals surface area contributed by atoms with Gasteiger partial charge in [-0.15, -0.1) is 0 Å². The summed E-state index contributed by atoms with van der Waals surface area (Å²) < 4.78 is 0. The number of rotatable bonds is 45. The van der Waals surface area contributed by atoms with E-state index < -0.39 is 12.1 Å². The number of aliphatic hydroxyl groups is 2. The maximum atomic E-state index is 12.3. The van der Waals surface area contributed by atoms with Crippen LogP contribution in [0, 0.1) is 0 Å². The average Bonchev–Trinajstić information content (AvgIpc) is 3.24. The predicted octanol–water partition coefficient (Wildman–Crippen LogP) is 16.4. The molecule has 0 aliphatic heterocycles. The lowest BCUT2D eigenvalue weighted by Gasteiger charge is -2.19. The third kappa shape index (κ3) is 46.5. The quantitative estimate of drug-likeness (QED) is 0.0423. The van der Waals surface area contributed by atoms with E-state index in [9.17, 15) is 15.0 Å². The van der Waals surface area contributed by atoms with Crippen LogP contribution < -0.4 is 5.32 Å². The van der Waals surface area contributed by atoms with Gasteiger partial charge in [0.05, 0.1) is 18.8 Å². The molecule has 4 nitrogen and oxygen atoms in total. The second-order valence-corrected chi connectivity index (χ2v) is 16.9. The van der Waals surface area contributed by atoms with Gasteiger partial charge in [0.1, 0.15) is 0 Å². The van der Waals surface area contributed by atoms with Gasteiger partial charge in [-0.3, -0.25) is 4.79 Å². The zero-order chi connectivity index (χ0) is 42.8.